The first-order chi connectivity index (χ1) is 8.29. The molecule has 0 atom stereocenters. The van der Waals surface area contributed by atoms with Crippen LogP contribution >= 0.6 is 11.8 Å². The van der Waals surface area contributed by atoms with Crippen molar-refractivity contribution >= 4 is 17.4 Å². The molecule has 4 nitrogen and oxygen atoms in total. The first kappa shape index (κ1) is 11.7. The molecule has 0 radical (unpaired) electrons. The van der Waals surface area contributed by atoms with Crippen LogP contribution in [0.5, 0.6) is 5.75 Å². The standard InChI is InChI=1S/C12H13N3OS/c1-16-11-3-2-9(6-10(11)13)7-17-12-4-5-14-8-15-12/h2-6,8H,7,13H2,1H3. The zero-order valence-electron chi connectivity index (χ0n) is 9.46. The number of methoxy groups -OCH3 is 1. The van der Waals surface area contributed by atoms with E-state index in [0.29, 0.717) is 11.4 Å². The van der Waals surface area contributed by atoms with Gasteiger partial charge < -0.3 is 10.5 Å². The molecule has 2 rings (SSSR count). The third-order valence-electron chi connectivity index (χ3n) is 2.24. The zero-order valence-corrected chi connectivity index (χ0v) is 10.3. The van der Waals surface area contributed by atoms with Gasteiger partial charge in [-0.3, -0.25) is 0 Å². The van der Waals surface area contributed by atoms with Crippen molar-refractivity contribution in [3.05, 3.63) is 42.4 Å². The van der Waals surface area contributed by atoms with Crippen LogP contribution in [0.1, 0.15) is 5.56 Å². The highest BCUT2D eigenvalue weighted by Crippen LogP contribution is 2.26. The normalized spacial score (nSPS) is 10.2. The van der Waals surface area contributed by atoms with E-state index in [0.717, 1.165) is 16.3 Å². The summed E-state index contributed by atoms with van der Waals surface area (Å²) in [5.41, 5.74) is 7.65. The molecule has 0 saturated carbocycles. The quantitative estimate of drug-likeness (QED) is 0.510. The number of hydrogen-bond donors (Lipinski definition) is 1. The van der Waals surface area contributed by atoms with Gasteiger partial charge in [0.1, 0.15) is 12.1 Å². The van der Waals surface area contributed by atoms with Crippen LogP contribution in [0.25, 0.3) is 0 Å². The van der Waals surface area contributed by atoms with Crippen LogP contribution in [0.2, 0.25) is 0 Å². The lowest BCUT2D eigenvalue weighted by atomic mass is 10.2. The number of nitrogens with two attached hydrogens (primary N) is 1. The minimum Gasteiger partial charge on any atom is -0.495 e. The summed E-state index contributed by atoms with van der Waals surface area (Å²) in [6.07, 6.45) is 3.28. The summed E-state index contributed by atoms with van der Waals surface area (Å²) in [6, 6.07) is 7.69. The number of nitrogens with zero attached hydrogens (tertiary/aromatic N) is 2. The van der Waals surface area contributed by atoms with Crippen LogP contribution < -0.4 is 10.5 Å². The van der Waals surface area contributed by atoms with E-state index in [2.05, 4.69) is 9.97 Å². The maximum atomic E-state index is 5.84. The van der Waals surface area contributed by atoms with Crippen molar-refractivity contribution in [3.8, 4) is 5.75 Å². The molecule has 2 aromatic rings. The second kappa shape index (κ2) is 5.54. The molecule has 0 aliphatic rings. The molecule has 5 heteroatoms. The van der Waals surface area contributed by atoms with Gasteiger partial charge in [-0.1, -0.05) is 6.07 Å². The van der Waals surface area contributed by atoms with Crippen LogP contribution in [-0.2, 0) is 5.75 Å². The predicted molar refractivity (Wildman–Crippen MR) is 69.0 cm³/mol. The predicted octanol–water partition coefficient (Wildman–Crippen LogP) is 2.36. The van der Waals surface area contributed by atoms with Crippen molar-refractivity contribution in [1.82, 2.24) is 9.97 Å². The maximum absolute atomic E-state index is 5.84. The van der Waals surface area contributed by atoms with Gasteiger partial charge in [0.2, 0.25) is 0 Å². The highest BCUT2D eigenvalue weighted by atomic mass is 32.2. The Bertz CT molecular complexity index is 490. The highest BCUT2D eigenvalue weighted by molar-refractivity contribution is 7.98. The fourth-order valence-corrected chi connectivity index (χ4v) is 2.17. The Morgan fingerprint density at radius 3 is 2.88 bits per heavy atom. The summed E-state index contributed by atoms with van der Waals surface area (Å²) in [5.74, 6) is 1.53. The molecule has 0 fully saturated rings. The zero-order chi connectivity index (χ0) is 12.1. The van der Waals surface area contributed by atoms with Crippen LogP contribution in [0.15, 0.2) is 41.8 Å². The molecule has 1 aromatic heterocycles. The monoisotopic (exact) mass is 247 g/mol. The minimum absolute atomic E-state index is 0.660. The number of ether oxygens (including phenoxy) is 1. The largest absolute Gasteiger partial charge is 0.495 e. The van der Waals surface area contributed by atoms with E-state index in [-0.39, 0.29) is 0 Å². The number of nitrogen functional groups attached to an aromatic ring is 1. The molecule has 0 aliphatic heterocycles. The van der Waals surface area contributed by atoms with Crippen molar-refractivity contribution < 1.29 is 4.74 Å². The van der Waals surface area contributed by atoms with E-state index < -0.39 is 0 Å². The molecule has 0 aliphatic carbocycles. The summed E-state index contributed by atoms with van der Waals surface area (Å²) in [4.78, 5) is 8.02. The van der Waals surface area contributed by atoms with Gasteiger partial charge in [0.05, 0.1) is 17.8 Å². The molecule has 1 heterocycles. The summed E-state index contributed by atoms with van der Waals surface area (Å²) >= 11 is 1.65. The minimum atomic E-state index is 0.660. The van der Waals surface area contributed by atoms with Crippen molar-refractivity contribution in [3.63, 3.8) is 0 Å². The van der Waals surface area contributed by atoms with E-state index in [1.54, 1.807) is 31.4 Å². The van der Waals surface area contributed by atoms with Gasteiger partial charge in [-0.25, -0.2) is 9.97 Å². The van der Waals surface area contributed by atoms with E-state index in [1.807, 2.05) is 24.3 Å². The van der Waals surface area contributed by atoms with Gasteiger partial charge in [0.25, 0.3) is 0 Å². The van der Waals surface area contributed by atoms with Gasteiger partial charge in [0, 0.05) is 11.9 Å². The number of thioether (sulfide) groups is 1. The molecule has 1 aromatic carbocycles. The van der Waals surface area contributed by atoms with Gasteiger partial charge in [-0.2, -0.15) is 0 Å². The van der Waals surface area contributed by atoms with Crippen LogP contribution in [0.4, 0.5) is 5.69 Å². The van der Waals surface area contributed by atoms with Crippen LogP contribution in [0, 0.1) is 0 Å². The molecule has 0 unspecified atom stereocenters. The Kier molecular flexibility index (Phi) is 3.82. The van der Waals surface area contributed by atoms with E-state index in [1.165, 1.54) is 0 Å². The Hall–Kier alpha value is -1.75. The lowest BCUT2D eigenvalue weighted by molar-refractivity contribution is 0.417. The molecular formula is C12H13N3OS. The van der Waals surface area contributed by atoms with E-state index >= 15 is 0 Å². The number of rotatable bonds is 4. The maximum Gasteiger partial charge on any atom is 0.141 e. The topological polar surface area (TPSA) is 61.0 Å². The average Bonchev–Trinajstić information content (AvgIpc) is 2.38. The summed E-state index contributed by atoms with van der Waals surface area (Å²) in [7, 11) is 1.61. The van der Waals surface area contributed by atoms with Gasteiger partial charge in [-0.05, 0) is 23.8 Å². The summed E-state index contributed by atoms with van der Waals surface area (Å²) in [6.45, 7) is 0. The molecule has 0 bridgehead atoms. The third kappa shape index (κ3) is 3.10. The SMILES string of the molecule is COc1ccc(CSc2ccncn2)cc1N. The molecule has 0 spiro atoms. The molecule has 17 heavy (non-hydrogen) atoms. The molecule has 0 amide bonds. The van der Waals surface area contributed by atoms with Gasteiger partial charge in [-0.15, -0.1) is 11.8 Å². The van der Waals surface area contributed by atoms with Gasteiger partial charge in [0.15, 0.2) is 0 Å². The molecule has 88 valence electrons. The van der Waals surface area contributed by atoms with Crippen LogP contribution in [-0.4, -0.2) is 17.1 Å². The van der Waals surface area contributed by atoms with Crippen molar-refractivity contribution in [1.29, 1.82) is 0 Å². The van der Waals surface area contributed by atoms with Crippen LogP contribution in [0.3, 0.4) is 0 Å². The number of aromatic nitrogens is 2. The van der Waals surface area contributed by atoms with Gasteiger partial charge >= 0.3 is 0 Å². The Morgan fingerprint density at radius 2 is 2.24 bits per heavy atom. The summed E-state index contributed by atoms with van der Waals surface area (Å²) in [5, 5.41) is 0.953. The lowest BCUT2D eigenvalue weighted by Gasteiger charge is -2.06. The Morgan fingerprint density at radius 1 is 1.35 bits per heavy atom. The first-order valence-corrected chi connectivity index (χ1v) is 6.09. The molecule has 2 N–H and O–H groups in total. The summed E-state index contributed by atoms with van der Waals surface area (Å²) < 4.78 is 5.11. The fourth-order valence-electron chi connectivity index (χ4n) is 1.39. The fraction of sp³-hybridized carbons (Fsp3) is 0.167. The number of anilines is 1. The second-order valence-electron chi connectivity index (χ2n) is 3.41. The molecule has 0 saturated heterocycles. The van der Waals surface area contributed by atoms with E-state index in [4.69, 9.17) is 10.5 Å². The number of benzene rings is 1. The Labute approximate surface area is 104 Å². The third-order valence-corrected chi connectivity index (χ3v) is 3.25. The number of hydrogen-bond acceptors (Lipinski definition) is 5. The Balaban J connectivity index is 2.02. The highest BCUT2D eigenvalue weighted by Gasteiger charge is 2.02. The smallest absolute Gasteiger partial charge is 0.141 e. The average molecular weight is 247 g/mol. The van der Waals surface area contributed by atoms with Crippen molar-refractivity contribution in [2.75, 3.05) is 12.8 Å². The first-order valence-electron chi connectivity index (χ1n) is 5.11. The lowest BCUT2D eigenvalue weighted by Crippen LogP contribution is -1.93. The second-order valence-corrected chi connectivity index (χ2v) is 4.41. The van der Waals surface area contributed by atoms with Crippen molar-refractivity contribution in [2.45, 2.75) is 10.8 Å². The van der Waals surface area contributed by atoms with Crippen molar-refractivity contribution in [2.24, 2.45) is 0 Å². The van der Waals surface area contributed by atoms with E-state index in [9.17, 15) is 0 Å². The molecular weight excluding hydrogens is 234 g/mol.